The Morgan fingerprint density at radius 3 is 2.60 bits per heavy atom. The second-order valence-corrected chi connectivity index (χ2v) is 5.72. The summed E-state index contributed by atoms with van der Waals surface area (Å²) in [4.78, 5) is 30.6. The van der Waals surface area contributed by atoms with Gasteiger partial charge in [0.25, 0.3) is 0 Å². The van der Waals surface area contributed by atoms with Gasteiger partial charge < -0.3 is 21.1 Å². The molecule has 2 rings (SSSR count). The van der Waals surface area contributed by atoms with E-state index in [0.717, 1.165) is 0 Å². The van der Waals surface area contributed by atoms with Crippen LogP contribution in [0.25, 0.3) is 0 Å². The van der Waals surface area contributed by atoms with E-state index in [2.05, 4.69) is 25.9 Å². The van der Waals surface area contributed by atoms with Gasteiger partial charge in [-0.25, -0.2) is 4.98 Å². The van der Waals surface area contributed by atoms with Crippen molar-refractivity contribution in [3.63, 3.8) is 0 Å². The minimum Gasteiger partial charge on any atom is -0.481 e. The van der Waals surface area contributed by atoms with Crippen molar-refractivity contribution >= 4 is 58.2 Å². The summed E-state index contributed by atoms with van der Waals surface area (Å²) in [6, 6.07) is 4.99. The lowest BCUT2D eigenvalue weighted by Crippen LogP contribution is -2.15. The first-order valence-corrected chi connectivity index (χ1v) is 7.93. The monoisotopic (exact) mass is 383 g/mol. The molecule has 1 amide bonds. The van der Waals surface area contributed by atoms with Gasteiger partial charge in [-0.15, -0.1) is 0 Å². The molecule has 1 aromatic heterocycles. The van der Waals surface area contributed by atoms with Crippen LogP contribution in [0, 0.1) is 0 Å². The molecule has 0 spiro atoms. The van der Waals surface area contributed by atoms with Crippen molar-refractivity contribution in [2.45, 2.75) is 12.8 Å². The van der Waals surface area contributed by atoms with E-state index in [9.17, 15) is 9.59 Å². The fourth-order valence-corrected chi connectivity index (χ4v) is 2.16. The van der Waals surface area contributed by atoms with Gasteiger partial charge in [0, 0.05) is 19.2 Å². The number of nitrogens with zero attached hydrogens (tertiary/aromatic N) is 2. The Bertz CT molecular complexity index is 801. The molecule has 132 valence electrons. The molecular weight excluding hydrogens is 369 g/mol. The number of amides is 1. The third-order valence-corrected chi connectivity index (χ3v) is 3.78. The van der Waals surface area contributed by atoms with Crippen LogP contribution in [0.3, 0.4) is 0 Å². The second-order valence-electron chi connectivity index (χ2n) is 4.90. The molecule has 8 nitrogen and oxygen atoms in total. The lowest BCUT2D eigenvalue weighted by Gasteiger charge is -2.12. The lowest BCUT2D eigenvalue weighted by molar-refractivity contribution is -0.138. The first-order valence-electron chi connectivity index (χ1n) is 7.17. The third-order valence-electron chi connectivity index (χ3n) is 3.04. The number of nitrogens with one attached hydrogen (secondary N) is 3. The largest absolute Gasteiger partial charge is 0.481 e. The molecule has 10 heteroatoms. The molecule has 0 aliphatic heterocycles. The van der Waals surface area contributed by atoms with E-state index in [1.807, 2.05) is 0 Å². The maximum absolute atomic E-state index is 11.7. The molecule has 0 radical (unpaired) electrons. The van der Waals surface area contributed by atoms with E-state index >= 15 is 0 Å². The molecule has 0 aliphatic carbocycles. The molecule has 0 aliphatic rings. The Hall–Kier alpha value is -2.58. The topological polar surface area (TPSA) is 116 Å². The average Bonchev–Trinajstić information content (AvgIpc) is 2.57. The van der Waals surface area contributed by atoms with Gasteiger partial charge in [-0.1, -0.05) is 23.2 Å². The van der Waals surface area contributed by atoms with Crippen molar-refractivity contribution < 1.29 is 14.7 Å². The van der Waals surface area contributed by atoms with Crippen LogP contribution < -0.4 is 16.0 Å². The number of hydrogen-bond donors (Lipinski definition) is 4. The number of aromatic nitrogens is 2. The van der Waals surface area contributed by atoms with Crippen LogP contribution in [0.4, 0.5) is 23.1 Å². The van der Waals surface area contributed by atoms with Crippen LogP contribution in [0.15, 0.2) is 24.4 Å². The summed E-state index contributed by atoms with van der Waals surface area (Å²) in [5.74, 6) is -0.818. The minimum absolute atomic E-state index is 0.137. The van der Waals surface area contributed by atoms with Gasteiger partial charge >= 0.3 is 5.97 Å². The summed E-state index contributed by atoms with van der Waals surface area (Å²) in [6.07, 6.45) is 1.03. The number of halogens is 2. The van der Waals surface area contributed by atoms with Gasteiger partial charge in [0.1, 0.15) is 5.69 Å². The number of carbonyl (C=O) groups excluding carboxylic acids is 1. The first kappa shape index (κ1) is 18.8. The van der Waals surface area contributed by atoms with Crippen molar-refractivity contribution in [1.29, 1.82) is 0 Å². The van der Waals surface area contributed by atoms with Crippen molar-refractivity contribution in [2.24, 2.45) is 0 Å². The SMILES string of the molecule is CNc1nc(Nc2ccc(Cl)c(Cl)c2)ncc1NC(=O)CCC(=O)O. The van der Waals surface area contributed by atoms with E-state index in [1.54, 1.807) is 25.2 Å². The molecular formula is C15H15Cl2N5O3. The molecule has 0 atom stereocenters. The highest BCUT2D eigenvalue weighted by atomic mass is 35.5. The van der Waals surface area contributed by atoms with Crippen LogP contribution in [-0.2, 0) is 9.59 Å². The molecule has 1 heterocycles. The second kappa shape index (κ2) is 8.50. The average molecular weight is 384 g/mol. The molecule has 25 heavy (non-hydrogen) atoms. The van der Waals surface area contributed by atoms with Gasteiger partial charge in [-0.05, 0) is 18.2 Å². The van der Waals surface area contributed by atoms with E-state index in [-0.39, 0.29) is 18.8 Å². The van der Waals surface area contributed by atoms with Gasteiger partial charge in [0.2, 0.25) is 11.9 Å². The Balaban J connectivity index is 2.11. The number of anilines is 4. The zero-order valence-electron chi connectivity index (χ0n) is 13.1. The Morgan fingerprint density at radius 1 is 1.20 bits per heavy atom. The summed E-state index contributed by atoms with van der Waals surface area (Å²) in [5, 5.41) is 17.8. The van der Waals surface area contributed by atoms with Crippen LogP contribution in [0.5, 0.6) is 0 Å². The van der Waals surface area contributed by atoms with Crippen molar-refractivity contribution in [3.8, 4) is 0 Å². The Labute approximate surface area is 153 Å². The van der Waals surface area contributed by atoms with Gasteiger partial charge in [0.05, 0.1) is 22.7 Å². The number of aliphatic carboxylic acids is 1. The normalized spacial score (nSPS) is 10.2. The standard InChI is InChI=1S/C15H15Cl2N5O3/c1-18-14-11(21-12(23)4-5-13(24)25)7-19-15(22-14)20-8-2-3-9(16)10(17)6-8/h2-3,6-7H,4-5H2,1H3,(H,21,23)(H,24,25)(H2,18,19,20,22). The number of carboxylic acid groups (broad SMARTS) is 1. The van der Waals surface area contributed by atoms with E-state index in [0.29, 0.717) is 27.2 Å². The fraction of sp³-hybridized carbons (Fsp3) is 0.200. The molecule has 4 N–H and O–H groups in total. The van der Waals surface area contributed by atoms with Gasteiger partial charge in [-0.2, -0.15) is 4.98 Å². The minimum atomic E-state index is -1.04. The number of benzene rings is 1. The lowest BCUT2D eigenvalue weighted by atomic mass is 10.3. The maximum Gasteiger partial charge on any atom is 0.303 e. The van der Waals surface area contributed by atoms with Crippen LogP contribution in [-0.4, -0.2) is 34.0 Å². The third kappa shape index (κ3) is 5.47. The van der Waals surface area contributed by atoms with Crippen LogP contribution in [0.1, 0.15) is 12.8 Å². The van der Waals surface area contributed by atoms with Crippen molar-refractivity contribution in [2.75, 3.05) is 23.0 Å². The van der Waals surface area contributed by atoms with Crippen molar-refractivity contribution in [1.82, 2.24) is 9.97 Å². The first-order chi connectivity index (χ1) is 11.9. The maximum atomic E-state index is 11.7. The van der Waals surface area contributed by atoms with E-state index < -0.39 is 11.9 Å². The van der Waals surface area contributed by atoms with Crippen molar-refractivity contribution in [3.05, 3.63) is 34.4 Å². The Kier molecular flexibility index (Phi) is 6.37. The summed E-state index contributed by atoms with van der Waals surface area (Å²) < 4.78 is 0. The molecule has 0 unspecified atom stereocenters. The quantitative estimate of drug-likeness (QED) is 0.578. The van der Waals surface area contributed by atoms with Gasteiger partial charge in [-0.3, -0.25) is 9.59 Å². The highest BCUT2D eigenvalue weighted by Crippen LogP contribution is 2.27. The summed E-state index contributed by atoms with van der Waals surface area (Å²) in [6.45, 7) is 0. The molecule has 1 aromatic carbocycles. The molecule has 0 fully saturated rings. The smallest absolute Gasteiger partial charge is 0.303 e. The zero-order valence-corrected chi connectivity index (χ0v) is 14.6. The molecule has 0 saturated carbocycles. The molecule has 2 aromatic rings. The number of carbonyl (C=O) groups is 2. The number of carboxylic acids is 1. The summed E-state index contributed by atoms with van der Waals surface area (Å²) >= 11 is 11.8. The number of hydrogen-bond acceptors (Lipinski definition) is 6. The van der Waals surface area contributed by atoms with E-state index in [1.165, 1.54) is 6.20 Å². The highest BCUT2D eigenvalue weighted by molar-refractivity contribution is 6.42. The predicted octanol–water partition coefficient (Wildman–Crippen LogP) is 3.37. The van der Waals surface area contributed by atoms with E-state index in [4.69, 9.17) is 28.3 Å². The summed E-state index contributed by atoms with van der Waals surface area (Å²) in [5.41, 5.74) is 0.993. The van der Waals surface area contributed by atoms with Crippen LogP contribution >= 0.6 is 23.2 Å². The Morgan fingerprint density at radius 2 is 1.96 bits per heavy atom. The summed E-state index contributed by atoms with van der Waals surface area (Å²) in [7, 11) is 1.64. The predicted molar refractivity (Wildman–Crippen MR) is 96.8 cm³/mol. The highest BCUT2D eigenvalue weighted by Gasteiger charge is 2.11. The molecule has 0 bridgehead atoms. The molecule has 0 saturated heterocycles. The zero-order chi connectivity index (χ0) is 18.4. The van der Waals surface area contributed by atoms with Crippen LogP contribution in [0.2, 0.25) is 10.0 Å². The van der Waals surface area contributed by atoms with Gasteiger partial charge in [0.15, 0.2) is 5.82 Å². The fourth-order valence-electron chi connectivity index (χ4n) is 1.86. The number of rotatable bonds is 7.